The van der Waals surface area contributed by atoms with Crippen molar-refractivity contribution in [1.29, 1.82) is 0 Å². The van der Waals surface area contributed by atoms with E-state index in [4.69, 9.17) is 18.0 Å². The van der Waals surface area contributed by atoms with Gasteiger partial charge in [-0.1, -0.05) is 18.3 Å². The number of hydrogen-bond acceptors (Lipinski definition) is 3. The smallest absolute Gasteiger partial charge is 0.244 e. The topological polar surface area (TPSA) is 58.4 Å². The van der Waals surface area contributed by atoms with Crippen LogP contribution in [0.5, 0.6) is 0 Å². The van der Waals surface area contributed by atoms with Crippen LogP contribution >= 0.6 is 12.2 Å². The third kappa shape index (κ3) is 3.66. The molecule has 1 aromatic rings. The Morgan fingerprint density at radius 3 is 2.55 bits per heavy atom. The van der Waals surface area contributed by atoms with Crippen molar-refractivity contribution in [1.82, 2.24) is 4.90 Å². The number of rotatable bonds is 6. The van der Waals surface area contributed by atoms with E-state index in [1.54, 1.807) is 24.0 Å². The lowest BCUT2D eigenvalue weighted by molar-refractivity contribution is -0.131. The Kier molecular flexibility index (Phi) is 5.88. The van der Waals surface area contributed by atoms with Crippen LogP contribution in [0.2, 0.25) is 0 Å². The average Bonchev–Trinajstić information content (AvgIpc) is 2.39. The number of benzene rings is 1. The zero-order valence-electron chi connectivity index (χ0n) is 11.9. The number of halogens is 1. The van der Waals surface area contributed by atoms with E-state index in [9.17, 15) is 9.18 Å². The number of hydrogen-bond donors (Lipinski definition) is 2. The number of amides is 1. The molecule has 0 saturated carbocycles. The summed E-state index contributed by atoms with van der Waals surface area (Å²) in [6, 6.07) is 4.01. The first-order valence-corrected chi connectivity index (χ1v) is 6.96. The molecule has 1 atom stereocenters. The number of nitrogens with two attached hydrogens (primary N) is 1. The molecule has 0 heterocycles. The predicted octanol–water partition coefficient (Wildman–Crippen LogP) is 2.13. The first-order chi connectivity index (χ1) is 9.42. The Hall–Kier alpha value is -1.69. The zero-order chi connectivity index (χ0) is 15.3. The highest BCUT2D eigenvalue weighted by atomic mass is 32.1. The van der Waals surface area contributed by atoms with E-state index in [1.165, 1.54) is 6.07 Å². The third-order valence-corrected chi connectivity index (χ3v) is 3.28. The van der Waals surface area contributed by atoms with E-state index in [1.807, 2.05) is 13.8 Å². The van der Waals surface area contributed by atoms with Gasteiger partial charge in [0.2, 0.25) is 5.91 Å². The van der Waals surface area contributed by atoms with Gasteiger partial charge in [-0.05, 0) is 32.9 Å². The van der Waals surface area contributed by atoms with Crippen molar-refractivity contribution >= 4 is 28.8 Å². The Balaban J connectivity index is 2.96. The van der Waals surface area contributed by atoms with Gasteiger partial charge in [-0.25, -0.2) is 4.39 Å². The van der Waals surface area contributed by atoms with Gasteiger partial charge >= 0.3 is 0 Å². The van der Waals surface area contributed by atoms with Crippen molar-refractivity contribution in [3.05, 3.63) is 29.6 Å². The van der Waals surface area contributed by atoms with E-state index < -0.39 is 11.9 Å². The van der Waals surface area contributed by atoms with Gasteiger partial charge in [0, 0.05) is 18.8 Å². The maximum absolute atomic E-state index is 13.7. The van der Waals surface area contributed by atoms with Crippen molar-refractivity contribution in [2.75, 3.05) is 18.4 Å². The zero-order valence-corrected chi connectivity index (χ0v) is 12.8. The van der Waals surface area contributed by atoms with E-state index >= 15 is 0 Å². The van der Waals surface area contributed by atoms with Crippen molar-refractivity contribution in [2.45, 2.75) is 26.8 Å². The molecule has 0 aromatic heterocycles. The summed E-state index contributed by atoms with van der Waals surface area (Å²) in [6.45, 7) is 6.82. The minimum atomic E-state index is -0.495. The number of nitrogens with one attached hydrogen (secondary N) is 1. The number of thiocarbonyl (C=S) groups is 1. The molecule has 1 amide bonds. The molecule has 110 valence electrons. The van der Waals surface area contributed by atoms with Gasteiger partial charge in [0.25, 0.3) is 0 Å². The minimum absolute atomic E-state index is 0.0342. The van der Waals surface area contributed by atoms with Crippen LogP contribution in [0.3, 0.4) is 0 Å². The molecule has 0 bridgehead atoms. The maximum atomic E-state index is 13.7. The van der Waals surface area contributed by atoms with E-state index in [-0.39, 0.29) is 16.5 Å². The molecule has 3 N–H and O–H groups in total. The Labute approximate surface area is 124 Å². The van der Waals surface area contributed by atoms with Crippen molar-refractivity contribution in [2.24, 2.45) is 5.73 Å². The third-order valence-electron chi connectivity index (χ3n) is 3.08. The standard InChI is InChI=1S/C14H20FN3OS/c1-4-18(5-2)14(19)9(3)17-11-8-6-7-10(15)12(11)13(16)20/h6-9,17H,4-5H2,1-3H3,(H2,16,20). The lowest BCUT2D eigenvalue weighted by Crippen LogP contribution is -2.41. The van der Waals surface area contributed by atoms with Gasteiger partial charge in [-0.2, -0.15) is 0 Å². The molecule has 20 heavy (non-hydrogen) atoms. The van der Waals surface area contributed by atoms with Gasteiger partial charge in [0.1, 0.15) is 16.8 Å². The molecular formula is C14H20FN3OS. The first-order valence-electron chi connectivity index (χ1n) is 6.55. The molecule has 1 aromatic carbocycles. The molecule has 0 aliphatic heterocycles. The SMILES string of the molecule is CCN(CC)C(=O)C(C)Nc1cccc(F)c1C(N)=S. The second-order valence-corrected chi connectivity index (χ2v) is 4.84. The van der Waals surface area contributed by atoms with Crippen LogP contribution in [0, 0.1) is 5.82 Å². The molecule has 0 aliphatic carbocycles. The van der Waals surface area contributed by atoms with E-state index in [0.29, 0.717) is 18.8 Å². The second kappa shape index (κ2) is 7.19. The number of anilines is 1. The Bertz CT molecular complexity index is 503. The summed E-state index contributed by atoms with van der Waals surface area (Å²) in [5, 5.41) is 2.98. The summed E-state index contributed by atoms with van der Waals surface area (Å²) in [7, 11) is 0. The summed E-state index contributed by atoms with van der Waals surface area (Å²) in [5.41, 5.74) is 6.11. The second-order valence-electron chi connectivity index (χ2n) is 4.40. The summed E-state index contributed by atoms with van der Waals surface area (Å²) >= 11 is 4.86. The van der Waals surface area contributed by atoms with E-state index in [2.05, 4.69) is 5.32 Å². The van der Waals surface area contributed by atoms with Crippen LogP contribution in [0.4, 0.5) is 10.1 Å². The average molecular weight is 297 g/mol. The highest BCUT2D eigenvalue weighted by Crippen LogP contribution is 2.20. The van der Waals surface area contributed by atoms with Crippen LogP contribution in [0.1, 0.15) is 26.3 Å². The fourth-order valence-electron chi connectivity index (χ4n) is 2.00. The van der Waals surface area contributed by atoms with Crippen molar-refractivity contribution < 1.29 is 9.18 Å². The molecular weight excluding hydrogens is 277 g/mol. The fourth-order valence-corrected chi connectivity index (χ4v) is 2.21. The van der Waals surface area contributed by atoms with Gasteiger partial charge in [0.15, 0.2) is 0 Å². The highest BCUT2D eigenvalue weighted by Gasteiger charge is 2.20. The molecule has 1 unspecified atom stereocenters. The molecule has 4 nitrogen and oxygen atoms in total. The van der Waals surface area contributed by atoms with Crippen molar-refractivity contribution in [3.63, 3.8) is 0 Å². The fraction of sp³-hybridized carbons (Fsp3) is 0.429. The first kappa shape index (κ1) is 16.4. The van der Waals surface area contributed by atoms with Crippen LogP contribution in [-0.2, 0) is 4.79 Å². The molecule has 0 aliphatic rings. The largest absolute Gasteiger partial charge is 0.389 e. The lowest BCUT2D eigenvalue weighted by atomic mass is 10.1. The summed E-state index contributed by atoms with van der Waals surface area (Å²) in [5.74, 6) is -0.543. The molecule has 0 spiro atoms. The monoisotopic (exact) mass is 297 g/mol. The number of carbonyl (C=O) groups is 1. The molecule has 0 fully saturated rings. The molecule has 0 radical (unpaired) electrons. The summed E-state index contributed by atoms with van der Waals surface area (Å²) in [4.78, 5) is 13.9. The Morgan fingerprint density at radius 2 is 2.05 bits per heavy atom. The molecule has 1 rings (SSSR count). The Morgan fingerprint density at radius 1 is 1.45 bits per heavy atom. The van der Waals surface area contributed by atoms with Gasteiger partial charge in [0.05, 0.1) is 5.56 Å². The quantitative estimate of drug-likeness (QED) is 0.790. The minimum Gasteiger partial charge on any atom is -0.389 e. The normalized spacial score (nSPS) is 11.8. The lowest BCUT2D eigenvalue weighted by Gasteiger charge is -2.24. The van der Waals surface area contributed by atoms with Gasteiger partial charge in [-0.3, -0.25) is 4.79 Å². The predicted molar refractivity (Wildman–Crippen MR) is 83.3 cm³/mol. The molecule has 6 heteroatoms. The van der Waals surface area contributed by atoms with Crippen LogP contribution in [-0.4, -0.2) is 34.9 Å². The van der Waals surface area contributed by atoms with E-state index in [0.717, 1.165) is 0 Å². The van der Waals surface area contributed by atoms with Crippen LogP contribution < -0.4 is 11.1 Å². The summed E-state index contributed by atoms with van der Waals surface area (Å²) < 4.78 is 13.7. The number of likely N-dealkylation sites (N-methyl/N-ethyl adjacent to an activating group) is 1. The van der Waals surface area contributed by atoms with Crippen LogP contribution in [0.25, 0.3) is 0 Å². The van der Waals surface area contributed by atoms with Crippen LogP contribution in [0.15, 0.2) is 18.2 Å². The highest BCUT2D eigenvalue weighted by molar-refractivity contribution is 7.80. The maximum Gasteiger partial charge on any atom is 0.244 e. The summed E-state index contributed by atoms with van der Waals surface area (Å²) in [6.07, 6.45) is 0. The van der Waals surface area contributed by atoms with Crippen molar-refractivity contribution in [3.8, 4) is 0 Å². The number of carbonyl (C=O) groups excluding carboxylic acids is 1. The van der Waals surface area contributed by atoms with Gasteiger partial charge < -0.3 is 16.0 Å². The van der Waals surface area contributed by atoms with Gasteiger partial charge in [-0.15, -0.1) is 0 Å². The number of nitrogens with zero attached hydrogens (tertiary/aromatic N) is 1. The molecule has 0 saturated heterocycles.